The van der Waals surface area contributed by atoms with Gasteiger partial charge in [0.15, 0.2) is 17.0 Å². The first-order valence-corrected chi connectivity index (χ1v) is 10.7. The van der Waals surface area contributed by atoms with Gasteiger partial charge in [0.05, 0.1) is 6.33 Å². The first-order valence-electron chi connectivity index (χ1n) is 10.7. The Labute approximate surface area is 182 Å². The highest BCUT2D eigenvalue weighted by molar-refractivity contribution is 5.68. The topological polar surface area (TPSA) is 94.9 Å². The number of hydrogen-bond acceptors (Lipinski definition) is 7. The molecule has 9 nitrogen and oxygen atoms in total. The van der Waals surface area contributed by atoms with E-state index < -0.39 is 6.17 Å². The third-order valence-electron chi connectivity index (χ3n) is 6.68. The van der Waals surface area contributed by atoms with Crippen LogP contribution in [0.25, 0.3) is 11.2 Å². The van der Waals surface area contributed by atoms with Crippen LogP contribution in [0, 0.1) is 11.8 Å². The van der Waals surface area contributed by atoms with Crippen LogP contribution in [-0.2, 0) is 13.6 Å². The molecule has 2 fully saturated rings. The van der Waals surface area contributed by atoms with Gasteiger partial charge in [0.2, 0.25) is 5.89 Å². The van der Waals surface area contributed by atoms with E-state index in [1.807, 2.05) is 24.3 Å². The molecule has 1 saturated carbocycles. The molecule has 0 spiro atoms. The van der Waals surface area contributed by atoms with Crippen molar-refractivity contribution >= 4 is 16.9 Å². The lowest BCUT2D eigenvalue weighted by molar-refractivity contribution is 0.363. The number of halogens is 1. The molecule has 10 heteroatoms. The normalized spacial score (nSPS) is 23.0. The Kier molecular flexibility index (Phi) is 4.17. The van der Waals surface area contributed by atoms with Crippen LogP contribution in [0.5, 0.6) is 0 Å². The molecule has 164 valence electrons. The molecule has 0 amide bonds. The van der Waals surface area contributed by atoms with Gasteiger partial charge in [0.25, 0.3) is 5.56 Å². The van der Waals surface area contributed by atoms with Crippen LogP contribution in [0.2, 0.25) is 0 Å². The van der Waals surface area contributed by atoms with Crippen LogP contribution in [0.3, 0.4) is 0 Å². The number of alkyl halides is 1. The number of fused-ring (bicyclic) bond motifs is 2. The zero-order valence-electron chi connectivity index (χ0n) is 17.7. The van der Waals surface area contributed by atoms with Crippen molar-refractivity contribution in [3.05, 3.63) is 64.6 Å². The Morgan fingerprint density at radius 2 is 2.00 bits per heavy atom. The highest BCUT2D eigenvalue weighted by atomic mass is 19.1. The summed E-state index contributed by atoms with van der Waals surface area (Å²) in [6, 6.07) is 7.69. The second kappa shape index (κ2) is 6.98. The molecule has 4 heterocycles. The van der Waals surface area contributed by atoms with Crippen molar-refractivity contribution in [3.8, 4) is 0 Å². The molecular formula is C22H22FN7O2. The number of aromatic nitrogens is 6. The molecule has 6 rings (SSSR count). The SMILES string of the molecule is CC(F)c1cccc(N2C[C@@H]3C(c4noc(Cn5cnc6ncn(C)c6c5=O)n4)[C@@H]3C2)c1. The fourth-order valence-corrected chi connectivity index (χ4v) is 4.89. The molecule has 0 bridgehead atoms. The first kappa shape index (κ1) is 19.1. The van der Waals surface area contributed by atoms with E-state index in [1.165, 1.54) is 10.9 Å². The smallest absolute Gasteiger partial charge is 0.280 e. The number of anilines is 1. The summed E-state index contributed by atoms with van der Waals surface area (Å²) < 4.78 is 22.2. The molecule has 0 N–H and O–H groups in total. The van der Waals surface area contributed by atoms with E-state index in [1.54, 1.807) is 24.9 Å². The maximum Gasteiger partial charge on any atom is 0.280 e. The molecule has 32 heavy (non-hydrogen) atoms. The number of benzene rings is 1. The van der Waals surface area contributed by atoms with Gasteiger partial charge < -0.3 is 14.0 Å². The van der Waals surface area contributed by atoms with Crippen LogP contribution in [0.1, 0.15) is 36.3 Å². The molecule has 2 aliphatic rings. The van der Waals surface area contributed by atoms with Crippen molar-refractivity contribution in [2.24, 2.45) is 18.9 Å². The highest BCUT2D eigenvalue weighted by Crippen LogP contribution is 2.58. The van der Waals surface area contributed by atoms with E-state index in [2.05, 4.69) is 25.0 Å². The van der Waals surface area contributed by atoms with Gasteiger partial charge in [-0.3, -0.25) is 9.36 Å². The number of nitrogens with zero attached hydrogens (tertiary/aromatic N) is 7. The number of imidazole rings is 1. The maximum absolute atomic E-state index is 13.7. The largest absolute Gasteiger partial charge is 0.371 e. The van der Waals surface area contributed by atoms with Crippen LogP contribution in [-0.4, -0.2) is 42.3 Å². The van der Waals surface area contributed by atoms with Gasteiger partial charge in [-0.1, -0.05) is 17.3 Å². The molecule has 1 saturated heterocycles. The van der Waals surface area contributed by atoms with Crippen LogP contribution >= 0.6 is 0 Å². The van der Waals surface area contributed by atoms with Crippen molar-refractivity contribution < 1.29 is 8.91 Å². The number of hydrogen-bond donors (Lipinski definition) is 0. The fourth-order valence-electron chi connectivity index (χ4n) is 4.89. The molecule has 1 aliphatic carbocycles. The Balaban J connectivity index is 1.15. The third-order valence-corrected chi connectivity index (χ3v) is 6.68. The van der Waals surface area contributed by atoms with Crippen molar-refractivity contribution in [3.63, 3.8) is 0 Å². The summed E-state index contributed by atoms with van der Waals surface area (Å²) in [7, 11) is 1.76. The fraction of sp³-hybridized carbons (Fsp3) is 0.409. The second-order valence-corrected chi connectivity index (χ2v) is 8.72. The minimum Gasteiger partial charge on any atom is -0.371 e. The lowest BCUT2D eigenvalue weighted by Gasteiger charge is -2.22. The van der Waals surface area contributed by atoms with E-state index in [-0.39, 0.29) is 18.0 Å². The molecule has 2 unspecified atom stereocenters. The van der Waals surface area contributed by atoms with E-state index in [4.69, 9.17) is 4.52 Å². The maximum atomic E-state index is 13.7. The van der Waals surface area contributed by atoms with Crippen molar-refractivity contribution in [1.29, 1.82) is 0 Å². The minimum atomic E-state index is -0.973. The standard InChI is InChI=1S/C22H22FN7O2/c1-12(23)13-4-3-5-14(6-13)29-7-15-16(8-29)18(15)20-26-17(32-27-20)9-30-11-25-21-19(22(30)31)28(2)10-24-21/h3-6,10-12,15-16,18H,7-9H2,1-2H3/t12?,15-,16+,18?. The van der Waals surface area contributed by atoms with Crippen molar-refractivity contribution in [2.75, 3.05) is 18.0 Å². The molecular weight excluding hydrogens is 413 g/mol. The van der Waals surface area contributed by atoms with E-state index in [9.17, 15) is 9.18 Å². The number of rotatable bonds is 5. The molecule has 4 aromatic rings. The summed E-state index contributed by atoms with van der Waals surface area (Å²) in [4.78, 5) is 27.9. The predicted octanol–water partition coefficient (Wildman–Crippen LogP) is 2.44. The van der Waals surface area contributed by atoms with Crippen molar-refractivity contribution in [1.82, 2.24) is 29.2 Å². The molecule has 0 radical (unpaired) electrons. The van der Waals surface area contributed by atoms with Crippen LogP contribution in [0.4, 0.5) is 10.1 Å². The second-order valence-electron chi connectivity index (χ2n) is 8.72. The Morgan fingerprint density at radius 3 is 2.78 bits per heavy atom. The van der Waals surface area contributed by atoms with Crippen LogP contribution in [0.15, 0.2) is 46.2 Å². The van der Waals surface area contributed by atoms with Crippen molar-refractivity contribution in [2.45, 2.75) is 25.6 Å². The van der Waals surface area contributed by atoms with Crippen LogP contribution < -0.4 is 10.5 Å². The van der Waals surface area contributed by atoms with Gasteiger partial charge in [0, 0.05) is 31.7 Å². The molecule has 3 aromatic heterocycles. The van der Waals surface area contributed by atoms with Gasteiger partial charge in [0.1, 0.15) is 19.0 Å². The quantitative estimate of drug-likeness (QED) is 0.475. The Morgan fingerprint density at radius 1 is 1.22 bits per heavy atom. The van der Waals surface area contributed by atoms with Gasteiger partial charge in [-0.2, -0.15) is 4.98 Å². The summed E-state index contributed by atoms with van der Waals surface area (Å²) in [6.45, 7) is 3.51. The highest BCUT2D eigenvalue weighted by Gasteiger charge is 2.58. The van der Waals surface area contributed by atoms with E-state index in [0.717, 1.165) is 18.8 Å². The van der Waals surface area contributed by atoms with Gasteiger partial charge in [-0.05, 0) is 36.5 Å². The van der Waals surface area contributed by atoms with E-state index in [0.29, 0.717) is 40.3 Å². The minimum absolute atomic E-state index is 0.169. The number of piperidine rings is 1. The summed E-state index contributed by atoms with van der Waals surface area (Å²) in [6.07, 6.45) is 2.05. The average Bonchev–Trinajstić information content (AvgIpc) is 3.21. The lowest BCUT2D eigenvalue weighted by atomic mass is 10.1. The average molecular weight is 435 g/mol. The van der Waals surface area contributed by atoms with Gasteiger partial charge in [-0.15, -0.1) is 0 Å². The molecule has 4 atom stereocenters. The predicted molar refractivity (Wildman–Crippen MR) is 114 cm³/mol. The summed E-state index contributed by atoms with van der Waals surface area (Å²) >= 11 is 0. The van der Waals surface area contributed by atoms with Gasteiger partial charge in [-0.25, -0.2) is 14.4 Å². The monoisotopic (exact) mass is 435 g/mol. The third kappa shape index (κ3) is 3.01. The van der Waals surface area contributed by atoms with Gasteiger partial charge >= 0.3 is 0 Å². The van der Waals surface area contributed by atoms with E-state index >= 15 is 0 Å². The molecule has 1 aliphatic heterocycles. The lowest BCUT2D eigenvalue weighted by Crippen LogP contribution is -2.24. The zero-order valence-corrected chi connectivity index (χ0v) is 17.7. The summed E-state index contributed by atoms with van der Waals surface area (Å²) in [5.41, 5.74) is 2.43. The Bertz CT molecular complexity index is 1360. The summed E-state index contributed by atoms with van der Waals surface area (Å²) in [5, 5.41) is 4.18. The summed E-state index contributed by atoms with van der Waals surface area (Å²) in [5.74, 6) is 2.27. The number of aryl methyl sites for hydroxylation is 1. The zero-order chi connectivity index (χ0) is 22.0. The Hall–Kier alpha value is -3.56. The first-order chi connectivity index (χ1) is 15.5. The molecule has 1 aromatic carbocycles.